The minimum absolute atomic E-state index is 0.131. The van der Waals surface area contributed by atoms with Gasteiger partial charge in [-0.15, -0.1) is 0 Å². The molecule has 1 aliphatic heterocycles. The highest BCUT2D eigenvalue weighted by Gasteiger charge is 2.44. The lowest BCUT2D eigenvalue weighted by atomic mass is 9.81. The fourth-order valence-corrected chi connectivity index (χ4v) is 4.02. The summed E-state index contributed by atoms with van der Waals surface area (Å²) in [5.74, 6) is -0.451. The van der Waals surface area contributed by atoms with Crippen LogP contribution in [0.25, 0.3) is 0 Å². The second-order valence-corrected chi connectivity index (χ2v) is 7.74. The van der Waals surface area contributed by atoms with Crippen molar-refractivity contribution in [3.63, 3.8) is 0 Å². The summed E-state index contributed by atoms with van der Waals surface area (Å²) in [5.41, 5.74) is 0.910. The van der Waals surface area contributed by atoms with Crippen LogP contribution in [0.5, 0.6) is 0 Å². The molecule has 0 radical (unpaired) electrons. The number of benzene rings is 3. The SMILES string of the molecule is O=C(CF)N[C@H](Cc1ccccc1)C1=N[C@H](C(O)(c2ccccc2)c2ccccc2)CO1. The number of alkyl halides is 1. The normalized spacial score (nSPS) is 16.7. The summed E-state index contributed by atoms with van der Waals surface area (Å²) >= 11 is 0. The lowest BCUT2D eigenvalue weighted by molar-refractivity contribution is -0.122. The number of halogens is 1. The molecule has 0 saturated heterocycles. The van der Waals surface area contributed by atoms with Gasteiger partial charge >= 0.3 is 0 Å². The summed E-state index contributed by atoms with van der Waals surface area (Å²) in [6.45, 7) is -0.994. The molecular formula is C26H25FN2O3. The Balaban J connectivity index is 1.69. The predicted octanol–water partition coefficient (Wildman–Crippen LogP) is 3.42. The van der Waals surface area contributed by atoms with Crippen LogP contribution in [0.1, 0.15) is 16.7 Å². The lowest BCUT2D eigenvalue weighted by Gasteiger charge is -2.32. The van der Waals surface area contributed by atoms with E-state index < -0.39 is 30.3 Å². The van der Waals surface area contributed by atoms with E-state index in [1.807, 2.05) is 91.0 Å². The van der Waals surface area contributed by atoms with E-state index >= 15 is 0 Å². The van der Waals surface area contributed by atoms with Gasteiger partial charge in [-0.1, -0.05) is 91.0 Å². The highest BCUT2D eigenvalue weighted by atomic mass is 19.1. The van der Waals surface area contributed by atoms with Gasteiger partial charge in [0.05, 0.1) is 0 Å². The molecule has 5 nitrogen and oxygen atoms in total. The molecule has 0 aliphatic carbocycles. The number of hydrogen-bond donors (Lipinski definition) is 2. The van der Waals surface area contributed by atoms with Gasteiger partial charge in [-0.3, -0.25) is 4.79 Å². The average molecular weight is 432 g/mol. The molecule has 0 saturated carbocycles. The summed E-state index contributed by atoms with van der Waals surface area (Å²) in [4.78, 5) is 16.5. The molecule has 0 unspecified atom stereocenters. The number of amides is 1. The predicted molar refractivity (Wildman–Crippen MR) is 121 cm³/mol. The Hall–Kier alpha value is -3.51. The zero-order valence-corrected chi connectivity index (χ0v) is 17.5. The molecule has 0 aromatic heterocycles. The number of hydrogen-bond acceptors (Lipinski definition) is 4. The second-order valence-electron chi connectivity index (χ2n) is 7.74. The Labute approximate surface area is 186 Å². The Bertz CT molecular complexity index is 1020. The van der Waals surface area contributed by atoms with Crippen molar-refractivity contribution in [1.29, 1.82) is 0 Å². The van der Waals surface area contributed by atoms with E-state index in [0.717, 1.165) is 5.56 Å². The molecule has 32 heavy (non-hydrogen) atoms. The number of carbonyl (C=O) groups excluding carboxylic acids is 1. The third kappa shape index (κ3) is 4.55. The first-order valence-corrected chi connectivity index (χ1v) is 10.5. The maximum Gasteiger partial charge on any atom is 0.252 e. The van der Waals surface area contributed by atoms with E-state index in [1.54, 1.807) is 0 Å². The Morgan fingerprint density at radius 3 is 2.06 bits per heavy atom. The van der Waals surface area contributed by atoms with Gasteiger partial charge in [0.15, 0.2) is 6.67 Å². The Morgan fingerprint density at radius 1 is 1.00 bits per heavy atom. The van der Waals surface area contributed by atoms with Gasteiger partial charge in [0, 0.05) is 6.42 Å². The molecule has 1 aliphatic rings. The molecule has 0 fully saturated rings. The van der Waals surface area contributed by atoms with Crippen LogP contribution in [0.2, 0.25) is 0 Å². The average Bonchev–Trinajstić information content (AvgIpc) is 3.35. The standard InChI is InChI=1S/C26H25FN2O3/c27-17-24(30)28-22(16-19-10-4-1-5-11-19)25-29-23(18-32-25)26(31,20-12-6-2-7-13-20)21-14-8-3-9-15-21/h1-15,22-23,31H,16-18H2,(H,28,30)/t22-,23+/m1/s1. The van der Waals surface area contributed by atoms with Crippen LogP contribution in [0.4, 0.5) is 4.39 Å². The fourth-order valence-electron chi connectivity index (χ4n) is 4.02. The molecule has 1 heterocycles. The van der Waals surface area contributed by atoms with Gasteiger partial charge in [0.2, 0.25) is 5.90 Å². The van der Waals surface area contributed by atoms with Crippen LogP contribution >= 0.6 is 0 Å². The van der Waals surface area contributed by atoms with Crippen molar-refractivity contribution in [2.24, 2.45) is 4.99 Å². The summed E-state index contributed by atoms with van der Waals surface area (Å²) in [6.07, 6.45) is 0.396. The molecule has 6 heteroatoms. The lowest BCUT2D eigenvalue weighted by Crippen LogP contribution is -2.43. The molecule has 2 N–H and O–H groups in total. The van der Waals surface area contributed by atoms with Gasteiger partial charge in [-0.05, 0) is 16.7 Å². The first-order chi connectivity index (χ1) is 15.6. The van der Waals surface area contributed by atoms with Gasteiger partial charge in [-0.2, -0.15) is 0 Å². The van der Waals surface area contributed by atoms with E-state index in [1.165, 1.54) is 0 Å². The maximum atomic E-state index is 12.9. The maximum absolute atomic E-state index is 12.9. The van der Waals surface area contributed by atoms with Crippen molar-refractivity contribution in [1.82, 2.24) is 5.32 Å². The molecule has 2 atom stereocenters. The number of aliphatic imine (C=N–C) groups is 1. The summed E-state index contributed by atoms with van der Waals surface area (Å²) in [5, 5.41) is 14.6. The van der Waals surface area contributed by atoms with Crippen molar-refractivity contribution in [3.8, 4) is 0 Å². The van der Waals surface area contributed by atoms with Crippen LogP contribution < -0.4 is 5.32 Å². The third-order valence-electron chi connectivity index (χ3n) is 5.62. The molecular weight excluding hydrogens is 407 g/mol. The minimum Gasteiger partial charge on any atom is -0.477 e. The summed E-state index contributed by atoms with van der Waals surface area (Å²) < 4.78 is 18.8. The number of nitrogens with zero attached hydrogens (tertiary/aromatic N) is 1. The summed E-state index contributed by atoms with van der Waals surface area (Å²) in [7, 11) is 0. The summed E-state index contributed by atoms with van der Waals surface area (Å²) in [6, 6.07) is 26.9. The zero-order chi connectivity index (χ0) is 22.4. The molecule has 164 valence electrons. The number of ether oxygens (including phenoxy) is 1. The number of aliphatic hydroxyl groups is 1. The zero-order valence-electron chi connectivity index (χ0n) is 17.5. The van der Waals surface area contributed by atoms with Gasteiger partial charge in [0.1, 0.15) is 24.3 Å². The van der Waals surface area contributed by atoms with E-state index in [0.29, 0.717) is 17.5 Å². The van der Waals surface area contributed by atoms with Crippen molar-refractivity contribution in [2.75, 3.05) is 13.3 Å². The Kier molecular flexibility index (Phi) is 6.61. The topological polar surface area (TPSA) is 70.9 Å². The van der Waals surface area contributed by atoms with Crippen molar-refractivity contribution < 1.29 is 19.0 Å². The molecule has 0 bridgehead atoms. The van der Waals surface area contributed by atoms with E-state index in [2.05, 4.69) is 5.32 Å². The monoisotopic (exact) mass is 432 g/mol. The largest absolute Gasteiger partial charge is 0.477 e. The van der Waals surface area contributed by atoms with Crippen LogP contribution in [-0.4, -0.2) is 42.3 Å². The van der Waals surface area contributed by atoms with Gasteiger partial charge in [0.25, 0.3) is 5.91 Å². The first-order valence-electron chi connectivity index (χ1n) is 10.5. The van der Waals surface area contributed by atoms with Crippen LogP contribution in [0, 0.1) is 0 Å². The molecule has 1 amide bonds. The fraction of sp³-hybridized carbons (Fsp3) is 0.231. The first kappa shape index (κ1) is 21.7. The van der Waals surface area contributed by atoms with Crippen molar-refractivity contribution in [2.45, 2.75) is 24.1 Å². The number of nitrogens with one attached hydrogen (secondary N) is 1. The molecule has 3 aromatic rings. The van der Waals surface area contributed by atoms with Gasteiger partial charge < -0.3 is 15.2 Å². The Morgan fingerprint density at radius 2 is 1.53 bits per heavy atom. The van der Waals surface area contributed by atoms with Gasteiger partial charge in [-0.25, -0.2) is 9.38 Å². The smallest absolute Gasteiger partial charge is 0.252 e. The number of carbonyl (C=O) groups is 1. The number of rotatable bonds is 8. The van der Waals surface area contributed by atoms with Crippen LogP contribution in [-0.2, 0) is 21.6 Å². The quantitative estimate of drug-likeness (QED) is 0.573. The van der Waals surface area contributed by atoms with E-state index in [9.17, 15) is 14.3 Å². The van der Waals surface area contributed by atoms with E-state index in [4.69, 9.17) is 9.73 Å². The van der Waals surface area contributed by atoms with E-state index in [-0.39, 0.29) is 12.5 Å². The van der Waals surface area contributed by atoms with Crippen LogP contribution in [0.15, 0.2) is 96.0 Å². The highest BCUT2D eigenvalue weighted by molar-refractivity contribution is 5.89. The highest BCUT2D eigenvalue weighted by Crippen LogP contribution is 2.37. The second kappa shape index (κ2) is 9.75. The molecule has 3 aromatic carbocycles. The minimum atomic E-state index is -1.42. The van der Waals surface area contributed by atoms with Crippen LogP contribution in [0.3, 0.4) is 0 Å². The van der Waals surface area contributed by atoms with Crippen molar-refractivity contribution >= 4 is 11.8 Å². The molecule has 0 spiro atoms. The van der Waals surface area contributed by atoms with Crippen molar-refractivity contribution in [3.05, 3.63) is 108 Å². The molecule has 4 rings (SSSR count). The third-order valence-corrected chi connectivity index (χ3v) is 5.62.